The second-order valence-electron chi connectivity index (χ2n) is 3.43. The molecular weight excluding hydrogens is 172 g/mol. The molecule has 0 aromatic rings. The summed E-state index contributed by atoms with van der Waals surface area (Å²) in [5.41, 5.74) is 0. The van der Waals surface area contributed by atoms with E-state index < -0.39 is 17.9 Å². The molecule has 0 amide bonds. The summed E-state index contributed by atoms with van der Waals surface area (Å²) in [4.78, 5) is 21.4. The van der Waals surface area contributed by atoms with Crippen molar-refractivity contribution in [3.8, 4) is 0 Å². The van der Waals surface area contributed by atoms with Crippen LogP contribution in [0.15, 0.2) is 0 Å². The number of rotatable bonds is 5. The Morgan fingerprint density at radius 3 is 2.23 bits per heavy atom. The Morgan fingerprint density at radius 1 is 1.38 bits per heavy atom. The van der Waals surface area contributed by atoms with Gasteiger partial charge in [-0.1, -0.05) is 13.8 Å². The van der Waals surface area contributed by atoms with E-state index in [1.54, 1.807) is 0 Å². The van der Waals surface area contributed by atoms with Crippen LogP contribution < -0.4 is 5.11 Å². The lowest BCUT2D eigenvalue weighted by atomic mass is 9.94. The molecule has 1 atom stereocenters. The van der Waals surface area contributed by atoms with Crippen LogP contribution in [0.3, 0.4) is 0 Å². The van der Waals surface area contributed by atoms with Gasteiger partial charge in [-0.3, -0.25) is 4.79 Å². The number of carboxylic acids is 1. The molecule has 0 fully saturated rings. The van der Waals surface area contributed by atoms with Crippen molar-refractivity contribution in [1.82, 2.24) is 0 Å². The highest BCUT2D eigenvalue weighted by Crippen LogP contribution is 2.16. The minimum Gasteiger partial charge on any atom is -0.550 e. The van der Waals surface area contributed by atoms with Crippen LogP contribution in [0.4, 0.5) is 0 Å². The van der Waals surface area contributed by atoms with Crippen molar-refractivity contribution < 1.29 is 19.4 Å². The van der Waals surface area contributed by atoms with Gasteiger partial charge in [-0.15, -0.1) is 0 Å². The SMILES string of the molecule is COC(=O)[C@@H](CC(=O)[O-])CC(C)C. The van der Waals surface area contributed by atoms with Gasteiger partial charge in [0, 0.05) is 12.4 Å². The van der Waals surface area contributed by atoms with E-state index in [9.17, 15) is 14.7 Å². The van der Waals surface area contributed by atoms with E-state index in [0.717, 1.165) is 0 Å². The summed E-state index contributed by atoms with van der Waals surface area (Å²) in [6.07, 6.45) is 0.255. The fraction of sp³-hybridized carbons (Fsp3) is 0.778. The molecule has 0 aliphatic carbocycles. The van der Waals surface area contributed by atoms with Gasteiger partial charge in [-0.2, -0.15) is 0 Å². The van der Waals surface area contributed by atoms with Crippen LogP contribution in [0.1, 0.15) is 26.7 Å². The van der Waals surface area contributed by atoms with Gasteiger partial charge in [-0.05, 0) is 12.3 Å². The van der Waals surface area contributed by atoms with Crippen molar-refractivity contribution in [1.29, 1.82) is 0 Å². The summed E-state index contributed by atoms with van der Waals surface area (Å²) < 4.78 is 4.48. The molecule has 0 aromatic heterocycles. The molecule has 4 heteroatoms. The first kappa shape index (κ1) is 11.9. The highest BCUT2D eigenvalue weighted by molar-refractivity contribution is 5.78. The number of carbonyl (C=O) groups is 2. The second-order valence-corrected chi connectivity index (χ2v) is 3.43. The van der Waals surface area contributed by atoms with Crippen LogP contribution in [0.25, 0.3) is 0 Å². The van der Waals surface area contributed by atoms with E-state index in [-0.39, 0.29) is 12.3 Å². The first-order chi connectivity index (χ1) is 5.97. The normalized spacial score (nSPS) is 12.6. The van der Waals surface area contributed by atoms with Crippen LogP contribution in [-0.4, -0.2) is 19.0 Å². The van der Waals surface area contributed by atoms with E-state index in [1.807, 2.05) is 13.8 Å². The van der Waals surface area contributed by atoms with Gasteiger partial charge in [0.25, 0.3) is 0 Å². The molecule has 0 aliphatic rings. The Labute approximate surface area is 77.9 Å². The molecule has 0 N–H and O–H groups in total. The molecule has 0 aliphatic heterocycles. The summed E-state index contributed by atoms with van der Waals surface area (Å²) >= 11 is 0. The lowest BCUT2D eigenvalue weighted by Gasteiger charge is -2.16. The molecule has 13 heavy (non-hydrogen) atoms. The first-order valence-corrected chi connectivity index (χ1v) is 4.25. The zero-order valence-corrected chi connectivity index (χ0v) is 8.20. The number of carbonyl (C=O) groups excluding carboxylic acids is 2. The zero-order chi connectivity index (χ0) is 10.4. The Balaban J connectivity index is 4.18. The lowest BCUT2D eigenvalue weighted by molar-refractivity contribution is -0.306. The summed E-state index contributed by atoms with van der Waals surface area (Å²) in [7, 11) is 1.25. The predicted molar refractivity (Wildman–Crippen MR) is 44.6 cm³/mol. The third-order valence-corrected chi connectivity index (χ3v) is 1.70. The minimum atomic E-state index is -1.21. The summed E-state index contributed by atoms with van der Waals surface area (Å²) in [5, 5.41) is 10.3. The average molecular weight is 187 g/mol. The van der Waals surface area contributed by atoms with E-state index in [1.165, 1.54) is 7.11 Å². The van der Waals surface area contributed by atoms with Crippen molar-refractivity contribution in [3.05, 3.63) is 0 Å². The Morgan fingerprint density at radius 2 is 1.92 bits per heavy atom. The molecule has 0 saturated carbocycles. The summed E-state index contributed by atoms with van der Waals surface area (Å²) in [6.45, 7) is 3.84. The van der Waals surface area contributed by atoms with Crippen LogP contribution in [0.5, 0.6) is 0 Å². The van der Waals surface area contributed by atoms with Gasteiger partial charge < -0.3 is 14.6 Å². The van der Waals surface area contributed by atoms with Crippen molar-refractivity contribution in [2.45, 2.75) is 26.7 Å². The highest BCUT2D eigenvalue weighted by atomic mass is 16.5. The van der Waals surface area contributed by atoms with Crippen molar-refractivity contribution in [2.24, 2.45) is 11.8 Å². The van der Waals surface area contributed by atoms with Crippen LogP contribution in [0.2, 0.25) is 0 Å². The average Bonchev–Trinajstić information content (AvgIpc) is 2.00. The van der Waals surface area contributed by atoms with Gasteiger partial charge in [0.2, 0.25) is 0 Å². The van der Waals surface area contributed by atoms with E-state index >= 15 is 0 Å². The molecule has 0 unspecified atom stereocenters. The van der Waals surface area contributed by atoms with Gasteiger partial charge in [0.15, 0.2) is 0 Å². The third-order valence-electron chi connectivity index (χ3n) is 1.70. The fourth-order valence-corrected chi connectivity index (χ4v) is 1.20. The molecule has 0 spiro atoms. The number of esters is 1. The monoisotopic (exact) mass is 187 g/mol. The topological polar surface area (TPSA) is 66.4 Å². The third kappa shape index (κ3) is 5.22. The van der Waals surface area contributed by atoms with Gasteiger partial charge in [-0.25, -0.2) is 0 Å². The fourth-order valence-electron chi connectivity index (χ4n) is 1.20. The number of carboxylic acid groups (broad SMARTS) is 1. The molecule has 0 rings (SSSR count). The maximum atomic E-state index is 11.1. The number of hydrogen-bond donors (Lipinski definition) is 0. The van der Waals surface area contributed by atoms with Crippen LogP contribution in [-0.2, 0) is 14.3 Å². The molecular formula is C9H15O4-. The molecule has 4 nitrogen and oxygen atoms in total. The summed E-state index contributed by atoms with van der Waals surface area (Å²) in [6, 6.07) is 0. The molecule has 0 aromatic carbocycles. The molecule has 0 radical (unpaired) electrons. The highest BCUT2D eigenvalue weighted by Gasteiger charge is 2.20. The van der Waals surface area contributed by atoms with Crippen molar-refractivity contribution in [3.63, 3.8) is 0 Å². The molecule has 0 heterocycles. The van der Waals surface area contributed by atoms with Gasteiger partial charge >= 0.3 is 5.97 Å². The number of aliphatic carboxylic acids is 1. The minimum absolute atomic E-state index is 0.259. The zero-order valence-electron chi connectivity index (χ0n) is 8.20. The number of methoxy groups -OCH3 is 1. The largest absolute Gasteiger partial charge is 0.550 e. The van der Waals surface area contributed by atoms with Gasteiger partial charge in [0.05, 0.1) is 13.0 Å². The first-order valence-electron chi connectivity index (χ1n) is 4.25. The molecule has 76 valence electrons. The van der Waals surface area contributed by atoms with Gasteiger partial charge in [0.1, 0.15) is 0 Å². The standard InChI is InChI=1S/C9H16O4/c1-6(2)4-7(5-8(10)11)9(12)13-3/h6-7H,4-5H2,1-3H3,(H,10,11)/p-1/t7-/m1/s1. The maximum absolute atomic E-state index is 11.1. The molecule has 0 saturated heterocycles. The smallest absolute Gasteiger partial charge is 0.309 e. The Bertz CT molecular complexity index is 186. The Hall–Kier alpha value is -1.06. The predicted octanol–water partition coefficient (Wildman–Crippen LogP) is -0.0383. The number of hydrogen-bond acceptors (Lipinski definition) is 4. The van der Waals surface area contributed by atoms with Crippen molar-refractivity contribution >= 4 is 11.9 Å². The van der Waals surface area contributed by atoms with E-state index in [0.29, 0.717) is 6.42 Å². The maximum Gasteiger partial charge on any atom is 0.309 e. The number of ether oxygens (including phenoxy) is 1. The lowest BCUT2D eigenvalue weighted by Crippen LogP contribution is -2.29. The van der Waals surface area contributed by atoms with Crippen LogP contribution >= 0.6 is 0 Å². The van der Waals surface area contributed by atoms with Crippen molar-refractivity contribution in [2.75, 3.05) is 7.11 Å². The van der Waals surface area contributed by atoms with Crippen LogP contribution in [0, 0.1) is 11.8 Å². The second kappa shape index (κ2) is 5.56. The summed E-state index contributed by atoms with van der Waals surface area (Å²) in [5.74, 6) is -1.99. The Kier molecular flexibility index (Phi) is 5.11. The van der Waals surface area contributed by atoms with E-state index in [2.05, 4.69) is 4.74 Å². The van der Waals surface area contributed by atoms with E-state index in [4.69, 9.17) is 0 Å². The quantitative estimate of drug-likeness (QED) is 0.566. The molecule has 0 bridgehead atoms.